The normalized spacial score (nSPS) is 44.9. The van der Waals surface area contributed by atoms with Gasteiger partial charge < -0.3 is 35.7 Å². The molecule has 2 bridgehead atoms. The van der Waals surface area contributed by atoms with E-state index < -0.39 is 36.3 Å². The predicted octanol–water partition coefficient (Wildman–Crippen LogP) is -2.90. The number of carbonyl (C=O) groups is 1. The third kappa shape index (κ3) is 4.67. The highest BCUT2D eigenvalue weighted by atomic mass is 32.2. The molecule has 7 atom stereocenters. The van der Waals surface area contributed by atoms with Crippen LogP contribution in [0.3, 0.4) is 0 Å². The van der Waals surface area contributed by atoms with E-state index in [0.29, 0.717) is 0 Å². The van der Waals surface area contributed by atoms with Crippen LogP contribution in [-0.2, 0) is 9.53 Å². The first-order valence-electron chi connectivity index (χ1n) is 6.80. The van der Waals surface area contributed by atoms with E-state index in [1.807, 2.05) is 6.92 Å². The lowest BCUT2D eigenvalue weighted by Crippen LogP contribution is -2.75. The Morgan fingerprint density at radius 1 is 1.33 bits per heavy atom. The highest BCUT2D eigenvalue weighted by Crippen LogP contribution is 2.31. The molecule has 0 amide bonds. The highest BCUT2D eigenvalue weighted by molar-refractivity contribution is 7.99. The summed E-state index contributed by atoms with van der Waals surface area (Å²) in [7, 11) is 0. The van der Waals surface area contributed by atoms with Gasteiger partial charge in [0.2, 0.25) is 0 Å². The largest absolute Gasteiger partial charge is 0.554 e. The van der Waals surface area contributed by atoms with Gasteiger partial charge >= 0.3 is 0 Å². The summed E-state index contributed by atoms with van der Waals surface area (Å²) in [5, 5.41) is 38.1. The van der Waals surface area contributed by atoms with Gasteiger partial charge in [-0.15, -0.1) is 11.8 Å². The van der Waals surface area contributed by atoms with Crippen LogP contribution in [0.1, 0.15) is 13.3 Å². The van der Waals surface area contributed by atoms with Gasteiger partial charge in [0.05, 0.1) is 0 Å². The zero-order chi connectivity index (χ0) is 16.0. The van der Waals surface area contributed by atoms with Crippen molar-refractivity contribution in [1.29, 1.82) is 0 Å². The van der Waals surface area contributed by atoms with Crippen LogP contribution in [0.4, 0.5) is 0 Å². The Bertz CT molecular complexity index is 356. The van der Waals surface area contributed by atoms with Crippen LogP contribution in [0, 0.1) is 5.92 Å². The topological polar surface area (TPSA) is 138 Å². The first kappa shape index (κ1) is 18.4. The van der Waals surface area contributed by atoms with Crippen LogP contribution in [-0.4, -0.2) is 63.4 Å². The molecule has 2 heterocycles. The minimum Gasteiger partial charge on any atom is -0.554 e. The fraction of sp³-hybridized carbons (Fsp3) is 0.769. The van der Waals surface area contributed by atoms with E-state index in [0.717, 1.165) is 12.2 Å². The number of aliphatic hydroxyl groups excluding tert-OH is 3. The first-order valence-corrected chi connectivity index (χ1v) is 7.85. The lowest BCUT2D eigenvalue weighted by atomic mass is 9.88. The van der Waals surface area contributed by atoms with Crippen molar-refractivity contribution in [2.75, 3.05) is 5.75 Å². The summed E-state index contributed by atoms with van der Waals surface area (Å²) in [5.74, 6) is 0.985. The van der Waals surface area contributed by atoms with Gasteiger partial charge in [0.1, 0.15) is 35.9 Å². The maximum Gasteiger partial charge on any atom is 0.140 e. The Morgan fingerprint density at radius 2 is 1.95 bits per heavy atom. The quantitative estimate of drug-likeness (QED) is 0.277. The summed E-state index contributed by atoms with van der Waals surface area (Å²) in [5.41, 5.74) is 3.56. The standard InChI is InChI=1S/C12H21NO4S.CH2O2/c1-6-4-2-3-5-18-12-10(16)8(14)9(15)11(17-12)7(6)13;2-1-3/h2,4,6-12,14-16H,3,5,13H2,1H3;1H,(H,2,3)/b4-2-;/t6-,7+,8-,9+,10+,11+,12+;/m0./s1. The Balaban J connectivity index is 0.000000677. The summed E-state index contributed by atoms with van der Waals surface area (Å²) in [6, 6.07) is -0.153. The summed E-state index contributed by atoms with van der Waals surface area (Å²) < 4.78 is 5.75. The lowest BCUT2D eigenvalue weighted by Gasteiger charge is -2.42. The van der Waals surface area contributed by atoms with E-state index in [1.54, 1.807) is 0 Å². The summed E-state index contributed by atoms with van der Waals surface area (Å²) in [6.45, 7) is 1.52. The second-order valence-corrected chi connectivity index (χ2v) is 6.35. The number of fused-ring (bicyclic) bond motifs is 2. The van der Waals surface area contributed by atoms with Gasteiger partial charge in [-0.2, -0.15) is 0 Å². The molecule has 1 fully saturated rings. The molecule has 2 aliphatic heterocycles. The summed E-state index contributed by atoms with van der Waals surface area (Å²) in [6.07, 6.45) is 1.23. The molecule has 2 rings (SSSR count). The van der Waals surface area contributed by atoms with Crippen LogP contribution < -0.4 is 10.8 Å². The molecule has 7 nitrogen and oxygen atoms in total. The fourth-order valence-electron chi connectivity index (χ4n) is 2.37. The molecule has 0 aromatic heterocycles. The van der Waals surface area contributed by atoms with Crippen LogP contribution in [0.25, 0.3) is 0 Å². The smallest absolute Gasteiger partial charge is 0.140 e. The molecule has 0 aliphatic carbocycles. The van der Waals surface area contributed by atoms with Gasteiger partial charge in [0.15, 0.2) is 0 Å². The molecular weight excluding hydrogens is 298 g/mol. The number of hydrogen-bond donors (Lipinski definition) is 4. The Kier molecular flexibility index (Phi) is 7.64. The number of hydrogen-bond acceptors (Lipinski definition) is 7. The van der Waals surface area contributed by atoms with Crippen molar-refractivity contribution in [3.8, 4) is 0 Å². The Labute approximate surface area is 127 Å². The predicted molar refractivity (Wildman–Crippen MR) is 74.8 cm³/mol. The number of carbonyl (C=O) groups excluding carboxylic acids is 1. The molecule has 2 aliphatic rings. The number of quaternary nitrogens is 1. The molecule has 6 N–H and O–H groups in total. The second kappa shape index (κ2) is 8.72. The number of carboxylic acid groups (broad SMARTS) is 1. The van der Waals surface area contributed by atoms with Crippen molar-refractivity contribution < 1.29 is 35.7 Å². The number of rotatable bonds is 0. The zero-order valence-electron chi connectivity index (χ0n) is 11.9. The third-order valence-corrected chi connectivity index (χ3v) is 4.90. The molecule has 0 aromatic carbocycles. The molecule has 0 aromatic rings. The molecule has 1 saturated heterocycles. The second-order valence-electron chi connectivity index (χ2n) is 5.15. The highest BCUT2D eigenvalue weighted by Gasteiger charge is 2.48. The van der Waals surface area contributed by atoms with Crippen LogP contribution in [0.5, 0.6) is 0 Å². The van der Waals surface area contributed by atoms with E-state index in [-0.39, 0.29) is 12.0 Å². The Hall–Kier alpha value is -0.640. The molecule has 8 heteroatoms. The fourth-order valence-corrected chi connectivity index (χ4v) is 3.44. The number of allylic oxidation sites excluding steroid dienone is 1. The van der Waals surface area contributed by atoms with E-state index in [1.165, 1.54) is 11.8 Å². The average Bonchev–Trinajstić information content (AvgIpc) is 2.46. The van der Waals surface area contributed by atoms with E-state index in [2.05, 4.69) is 17.9 Å². The van der Waals surface area contributed by atoms with E-state index in [4.69, 9.17) is 14.6 Å². The molecule has 122 valence electrons. The van der Waals surface area contributed by atoms with Crippen LogP contribution in [0.15, 0.2) is 12.2 Å². The number of aliphatic hydroxyl groups is 3. The van der Waals surface area contributed by atoms with Gasteiger partial charge in [-0.05, 0) is 12.2 Å². The van der Waals surface area contributed by atoms with E-state index in [9.17, 15) is 15.3 Å². The summed E-state index contributed by atoms with van der Waals surface area (Å²) >= 11 is 1.47. The molecule has 0 spiro atoms. The number of thioether (sulfide) groups is 1. The third-order valence-electron chi connectivity index (χ3n) is 3.71. The van der Waals surface area contributed by atoms with Gasteiger partial charge in [0, 0.05) is 12.4 Å². The van der Waals surface area contributed by atoms with Crippen molar-refractivity contribution in [3.05, 3.63) is 12.2 Å². The van der Waals surface area contributed by atoms with Crippen molar-refractivity contribution in [2.45, 2.75) is 49.2 Å². The molecule has 0 saturated carbocycles. The van der Waals surface area contributed by atoms with Gasteiger partial charge in [0.25, 0.3) is 0 Å². The van der Waals surface area contributed by atoms with Crippen LogP contribution >= 0.6 is 11.8 Å². The maximum absolute atomic E-state index is 10.0. The van der Waals surface area contributed by atoms with Gasteiger partial charge in [-0.1, -0.05) is 19.1 Å². The maximum atomic E-state index is 10.0. The van der Waals surface area contributed by atoms with Crippen molar-refractivity contribution in [3.63, 3.8) is 0 Å². The SMILES string of the molecule is C[C@H]1/C=C\CCS[C@H]2O[C@H]([C@@H]1[NH3+])[C@H](O)[C@H](O)[C@H]2O.O=C[O-]. The first-order chi connectivity index (χ1) is 9.93. The lowest BCUT2D eigenvalue weighted by molar-refractivity contribution is -0.460. The number of ether oxygens (including phenoxy) is 1. The summed E-state index contributed by atoms with van der Waals surface area (Å²) in [4.78, 5) is 8.25. The van der Waals surface area contributed by atoms with Crippen molar-refractivity contribution >= 4 is 18.2 Å². The van der Waals surface area contributed by atoms with Crippen molar-refractivity contribution in [1.82, 2.24) is 0 Å². The monoisotopic (exact) mass is 321 g/mol. The van der Waals surface area contributed by atoms with Crippen molar-refractivity contribution in [2.24, 2.45) is 5.92 Å². The molecular formula is C13H23NO6S. The molecule has 0 radical (unpaired) electrons. The van der Waals surface area contributed by atoms with Gasteiger partial charge in [-0.3, -0.25) is 0 Å². The average molecular weight is 321 g/mol. The molecule has 0 unspecified atom stereocenters. The van der Waals surface area contributed by atoms with E-state index >= 15 is 0 Å². The zero-order valence-corrected chi connectivity index (χ0v) is 12.7. The minimum atomic E-state index is -1.17. The minimum absolute atomic E-state index is 0.153. The van der Waals surface area contributed by atoms with Crippen LogP contribution in [0.2, 0.25) is 0 Å². The van der Waals surface area contributed by atoms with Gasteiger partial charge in [-0.25, -0.2) is 0 Å². The Morgan fingerprint density at radius 3 is 2.57 bits per heavy atom. The molecule has 21 heavy (non-hydrogen) atoms.